The van der Waals surface area contributed by atoms with Crippen LogP contribution in [0.4, 0.5) is 4.79 Å². The van der Waals surface area contributed by atoms with Crippen molar-refractivity contribution in [3.8, 4) is 6.08 Å². The molecule has 1 unspecified atom stereocenters. The minimum Gasteiger partial charge on any atom is -0.447 e. The van der Waals surface area contributed by atoms with E-state index in [0.717, 1.165) is 42.3 Å². The van der Waals surface area contributed by atoms with Gasteiger partial charge in [-0.3, -0.25) is 0 Å². The molecular formula is C20H26N2O4. The van der Waals surface area contributed by atoms with Crippen molar-refractivity contribution < 1.29 is 18.7 Å². The van der Waals surface area contributed by atoms with E-state index in [0.29, 0.717) is 6.08 Å². The van der Waals surface area contributed by atoms with Crippen molar-refractivity contribution in [1.29, 1.82) is 0 Å². The molecule has 0 radical (unpaired) electrons. The Balaban J connectivity index is 1.44. The van der Waals surface area contributed by atoms with Gasteiger partial charge in [0.1, 0.15) is 17.2 Å². The maximum absolute atomic E-state index is 12.5. The van der Waals surface area contributed by atoms with E-state index in [1.807, 2.05) is 50.8 Å². The fraction of sp³-hybridized carbons (Fsp3) is 0.600. The minimum absolute atomic E-state index is 0.0142. The van der Waals surface area contributed by atoms with Gasteiger partial charge in [0.2, 0.25) is 0 Å². The molecule has 140 valence electrons. The highest BCUT2D eigenvalue weighted by Gasteiger charge is 2.45. The van der Waals surface area contributed by atoms with Gasteiger partial charge >= 0.3 is 12.2 Å². The van der Waals surface area contributed by atoms with Crippen LogP contribution in [0.5, 0.6) is 6.08 Å². The highest BCUT2D eigenvalue weighted by molar-refractivity contribution is 5.73. The molecule has 3 heterocycles. The highest BCUT2D eigenvalue weighted by atomic mass is 16.6. The Morgan fingerprint density at radius 2 is 1.92 bits per heavy atom. The molecule has 1 aromatic heterocycles. The van der Waals surface area contributed by atoms with E-state index in [1.54, 1.807) is 0 Å². The molecule has 0 aliphatic carbocycles. The van der Waals surface area contributed by atoms with Gasteiger partial charge in [0.25, 0.3) is 0 Å². The van der Waals surface area contributed by atoms with E-state index in [4.69, 9.17) is 13.9 Å². The molecule has 4 rings (SSSR count). The number of fused-ring (bicyclic) bond motifs is 3. The van der Waals surface area contributed by atoms with Crippen LogP contribution in [0.15, 0.2) is 22.6 Å². The third kappa shape index (κ3) is 3.37. The molecule has 0 N–H and O–H groups in total. The van der Waals surface area contributed by atoms with Crippen LogP contribution in [-0.2, 0) is 4.74 Å². The van der Waals surface area contributed by atoms with Gasteiger partial charge in [-0.1, -0.05) is 6.07 Å². The van der Waals surface area contributed by atoms with E-state index in [1.165, 1.54) is 0 Å². The van der Waals surface area contributed by atoms with Gasteiger partial charge in [-0.25, -0.2) is 4.79 Å². The number of aromatic nitrogens is 1. The Hall–Kier alpha value is -2.24. The number of hydrogen-bond donors (Lipinski definition) is 0. The zero-order valence-electron chi connectivity index (χ0n) is 15.8. The van der Waals surface area contributed by atoms with E-state index in [2.05, 4.69) is 4.98 Å². The average molecular weight is 358 g/mol. The molecular weight excluding hydrogens is 332 g/mol. The molecule has 0 saturated carbocycles. The number of piperidine rings is 1. The van der Waals surface area contributed by atoms with Crippen LogP contribution in [0.2, 0.25) is 0 Å². The molecule has 2 aliphatic heterocycles. The number of benzene rings is 1. The number of hydrogen-bond acceptors (Lipinski definition) is 5. The monoisotopic (exact) mass is 358 g/mol. The SMILES string of the molecule is Cc1ccc2oc(OC3C[C@H]4CC[C@@H](C3)N4C(=O)OC(C)(C)C)nc2c1. The normalized spacial score (nSPS) is 25.5. The van der Waals surface area contributed by atoms with Crippen LogP contribution in [0.25, 0.3) is 11.1 Å². The van der Waals surface area contributed by atoms with Crippen LogP contribution < -0.4 is 4.74 Å². The van der Waals surface area contributed by atoms with Crippen molar-refractivity contribution in [3.05, 3.63) is 23.8 Å². The summed E-state index contributed by atoms with van der Waals surface area (Å²) in [7, 11) is 0. The second-order valence-corrected chi connectivity index (χ2v) is 8.43. The molecule has 6 nitrogen and oxygen atoms in total. The lowest BCUT2D eigenvalue weighted by Crippen LogP contribution is -2.50. The summed E-state index contributed by atoms with van der Waals surface area (Å²) in [4.78, 5) is 18.9. The standard InChI is InChI=1S/C20H26N2O4/c1-12-5-8-17-16(9-12)21-18(25-17)24-15-10-13-6-7-14(11-15)22(13)19(23)26-20(2,3)4/h5,8-9,13-15H,6-7,10-11H2,1-4H3/t13-,14+,15?. The summed E-state index contributed by atoms with van der Waals surface area (Å²) >= 11 is 0. The topological polar surface area (TPSA) is 64.8 Å². The number of aryl methyl sites for hydroxylation is 1. The first-order valence-electron chi connectivity index (χ1n) is 9.34. The van der Waals surface area contributed by atoms with Crippen molar-refractivity contribution in [1.82, 2.24) is 9.88 Å². The highest BCUT2D eigenvalue weighted by Crippen LogP contribution is 2.38. The second-order valence-electron chi connectivity index (χ2n) is 8.43. The van der Waals surface area contributed by atoms with Gasteiger partial charge in [-0.15, -0.1) is 0 Å². The quantitative estimate of drug-likeness (QED) is 0.794. The lowest BCUT2D eigenvalue weighted by molar-refractivity contribution is -0.0105. The lowest BCUT2D eigenvalue weighted by atomic mass is 10.0. The van der Waals surface area contributed by atoms with Crippen molar-refractivity contribution in [2.75, 3.05) is 0 Å². The molecule has 1 amide bonds. The number of carbonyl (C=O) groups excluding carboxylic acids is 1. The van der Waals surface area contributed by atoms with Crippen molar-refractivity contribution in [2.45, 2.75) is 77.2 Å². The van der Waals surface area contributed by atoms with Gasteiger partial charge < -0.3 is 18.8 Å². The van der Waals surface area contributed by atoms with Crippen molar-refractivity contribution in [3.63, 3.8) is 0 Å². The summed E-state index contributed by atoms with van der Waals surface area (Å²) in [6.45, 7) is 7.73. The zero-order valence-corrected chi connectivity index (χ0v) is 15.8. The Bertz CT molecular complexity index is 809. The molecule has 2 saturated heterocycles. The van der Waals surface area contributed by atoms with Gasteiger partial charge in [0.05, 0.1) is 0 Å². The number of oxazole rings is 1. The molecule has 2 bridgehead atoms. The fourth-order valence-corrected chi connectivity index (χ4v) is 4.05. The Labute approximate surface area is 153 Å². The van der Waals surface area contributed by atoms with Crippen LogP contribution in [0.3, 0.4) is 0 Å². The van der Waals surface area contributed by atoms with E-state index < -0.39 is 5.60 Å². The minimum atomic E-state index is -0.472. The first-order valence-corrected chi connectivity index (χ1v) is 9.34. The molecule has 1 aromatic carbocycles. The van der Waals surface area contributed by atoms with E-state index >= 15 is 0 Å². The number of rotatable bonds is 2. The predicted molar refractivity (Wildman–Crippen MR) is 97.3 cm³/mol. The zero-order chi connectivity index (χ0) is 18.5. The van der Waals surface area contributed by atoms with Crippen LogP contribution in [0, 0.1) is 6.92 Å². The Morgan fingerprint density at radius 3 is 2.58 bits per heavy atom. The maximum atomic E-state index is 12.5. The third-order valence-electron chi connectivity index (χ3n) is 5.09. The molecule has 26 heavy (non-hydrogen) atoms. The summed E-state index contributed by atoms with van der Waals surface area (Å²) in [6, 6.07) is 6.23. The largest absolute Gasteiger partial charge is 0.447 e. The van der Waals surface area contributed by atoms with Crippen molar-refractivity contribution >= 4 is 17.2 Å². The van der Waals surface area contributed by atoms with Crippen LogP contribution in [0.1, 0.15) is 52.0 Å². The number of ether oxygens (including phenoxy) is 2. The first kappa shape index (κ1) is 17.2. The summed E-state index contributed by atoms with van der Waals surface area (Å²) in [6.07, 6.45) is 3.69. The lowest BCUT2D eigenvalue weighted by Gasteiger charge is -2.38. The molecule has 2 aliphatic rings. The van der Waals surface area contributed by atoms with Crippen LogP contribution in [-0.4, -0.2) is 39.8 Å². The van der Waals surface area contributed by atoms with E-state index in [-0.39, 0.29) is 24.3 Å². The van der Waals surface area contributed by atoms with Gasteiger partial charge in [-0.2, -0.15) is 4.98 Å². The molecule has 2 aromatic rings. The maximum Gasteiger partial charge on any atom is 0.410 e. The second kappa shape index (κ2) is 6.18. The predicted octanol–water partition coefficient (Wildman–Crippen LogP) is 4.45. The molecule has 6 heteroatoms. The molecule has 3 atom stereocenters. The number of amides is 1. The van der Waals surface area contributed by atoms with Gasteiger partial charge in [-0.05, 0) is 58.2 Å². The summed E-state index contributed by atoms with van der Waals surface area (Å²) in [5.74, 6) is 0. The Kier molecular flexibility index (Phi) is 4.09. The number of carbonyl (C=O) groups is 1. The third-order valence-corrected chi connectivity index (χ3v) is 5.09. The fourth-order valence-electron chi connectivity index (χ4n) is 4.05. The smallest absolute Gasteiger partial charge is 0.410 e. The average Bonchev–Trinajstić information content (AvgIpc) is 3.03. The summed E-state index contributed by atoms with van der Waals surface area (Å²) in [5.41, 5.74) is 2.22. The van der Waals surface area contributed by atoms with E-state index in [9.17, 15) is 4.79 Å². The summed E-state index contributed by atoms with van der Waals surface area (Å²) < 4.78 is 17.3. The van der Waals surface area contributed by atoms with Crippen molar-refractivity contribution in [2.24, 2.45) is 0 Å². The number of nitrogens with zero attached hydrogens (tertiary/aromatic N) is 2. The molecule has 0 spiro atoms. The first-order chi connectivity index (χ1) is 12.3. The molecule has 2 fully saturated rings. The summed E-state index contributed by atoms with van der Waals surface area (Å²) in [5, 5.41) is 0. The van der Waals surface area contributed by atoms with Crippen LogP contribution >= 0.6 is 0 Å². The van der Waals surface area contributed by atoms with Gasteiger partial charge in [0.15, 0.2) is 5.58 Å². The Morgan fingerprint density at radius 1 is 1.23 bits per heavy atom. The van der Waals surface area contributed by atoms with Gasteiger partial charge in [0, 0.05) is 24.9 Å².